The van der Waals surface area contributed by atoms with Crippen LogP contribution in [0.15, 0.2) is 243 Å². The minimum Gasteiger partial charge on any atom is -0.461 e. The Hall–Kier alpha value is -12.3. The number of alkyl halides is 1. The molecule has 0 saturated carbocycles. The second-order valence-electron chi connectivity index (χ2n) is 28.8. The van der Waals surface area contributed by atoms with Crippen molar-refractivity contribution in [2.45, 2.75) is 132 Å². The number of hydrogen-bond donors (Lipinski definition) is 1. The number of ether oxygens (including phenoxy) is 10. The maximum atomic E-state index is 13.4. The molecule has 0 spiro atoms. The number of aryl methyl sites for hydroxylation is 10. The number of esters is 10. The summed E-state index contributed by atoms with van der Waals surface area (Å²) in [6.45, 7) is 18.3. The van der Waals surface area contributed by atoms with Crippen molar-refractivity contribution in [3.05, 3.63) is 354 Å². The predicted molar refractivity (Wildman–Crippen MR) is 455 cm³/mol. The van der Waals surface area contributed by atoms with E-state index in [1.54, 1.807) is 243 Å². The fraction of sp³-hybridized carbons (Fsp3) is 0.253. The quantitative estimate of drug-likeness (QED) is 0.0228. The molecule has 10 aromatic rings. The van der Waals surface area contributed by atoms with E-state index >= 15 is 0 Å². The van der Waals surface area contributed by atoms with E-state index in [0.29, 0.717) is 39.7 Å². The van der Waals surface area contributed by atoms with Crippen LogP contribution in [0.3, 0.4) is 0 Å². The minimum absolute atomic E-state index is 0.154. The first-order chi connectivity index (χ1) is 57.4. The Morgan fingerprint density at radius 3 is 0.817 bits per heavy atom. The van der Waals surface area contributed by atoms with Crippen LogP contribution >= 0.6 is 39.5 Å². The maximum Gasteiger partial charge on any atom is 0.339 e. The largest absolute Gasteiger partial charge is 0.461 e. The molecule has 2 aliphatic heterocycles. The van der Waals surface area contributed by atoms with Crippen LogP contribution in [0.4, 0.5) is 0 Å². The lowest BCUT2D eigenvalue weighted by atomic mass is 10.1. The van der Waals surface area contributed by atoms with Crippen LogP contribution in [0.5, 0.6) is 0 Å². The first kappa shape index (κ1) is 90.0. The van der Waals surface area contributed by atoms with Gasteiger partial charge in [-0.3, -0.25) is 4.79 Å². The number of rotatable bonds is 26. The molecule has 11 atom stereocenters. The molecule has 2 fully saturated rings. The molecule has 0 aliphatic carbocycles. The minimum atomic E-state index is -1.47. The Balaban J connectivity index is 0.000000191. The lowest BCUT2D eigenvalue weighted by Gasteiger charge is -2.27. The molecule has 12 rings (SSSR count). The van der Waals surface area contributed by atoms with Crippen molar-refractivity contribution in [3.8, 4) is 0 Å². The van der Waals surface area contributed by atoms with E-state index in [9.17, 15) is 57.8 Å². The summed E-state index contributed by atoms with van der Waals surface area (Å²) in [6, 6.07) is 68.1. The zero-order valence-corrected chi connectivity index (χ0v) is 70.6. The van der Waals surface area contributed by atoms with Crippen molar-refractivity contribution < 1.29 is 105 Å². The molecule has 2 aliphatic rings. The normalized spacial score (nSPS) is 17.6. The molecule has 120 heavy (non-hydrogen) atoms. The van der Waals surface area contributed by atoms with Crippen LogP contribution in [0.2, 0.25) is 0 Å². The lowest BCUT2D eigenvalue weighted by molar-refractivity contribution is -0.122. The van der Waals surface area contributed by atoms with Gasteiger partial charge in [-0.25, -0.2) is 47.9 Å². The fourth-order valence-corrected chi connectivity index (χ4v) is 15.0. The van der Waals surface area contributed by atoms with Crippen molar-refractivity contribution in [1.29, 1.82) is 0 Å². The SMILES string of the molecule is Cc1ccc(C(=O)OC[C@@H](Br)[C@H](OC(=O)c2ccc(C)cc2)[C@@H](C=O)OC(=O)c2ccc(C)cc2)cc1.Cc1ccc(C(=O)OC[C@@H]2SC(O)[C@@H](OC(=O)c3ccc(C)cc3)[C@H]2OC(=O)c2ccc(C)cc2)cc1.Cc1ccc(C(=O)OC[C@@H]2SC(OC(=O)c3ccc(C)cc3)[C@@H](OC(=O)c3ccc(C)cc3)[C@H]2OC(=O)c2ccc(C)cc2)cc1. The molecule has 620 valence electrons. The summed E-state index contributed by atoms with van der Waals surface area (Å²) in [4.78, 5) is 140. The average molecular weight is 1730 g/mol. The van der Waals surface area contributed by atoms with Gasteiger partial charge in [-0.2, -0.15) is 0 Å². The molecule has 1 N–H and O–H groups in total. The first-order valence-corrected chi connectivity index (χ1v) is 41.0. The van der Waals surface area contributed by atoms with Gasteiger partial charge in [0.05, 0.1) is 71.0 Å². The van der Waals surface area contributed by atoms with Crippen molar-refractivity contribution >= 4 is 105 Å². The molecular formula is C95H89BrO22S2. The second-order valence-corrected chi connectivity index (χ2v) is 32.7. The third kappa shape index (κ3) is 25.6. The number of aliphatic hydroxyl groups excluding tert-OH is 1. The average Bonchev–Trinajstić information content (AvgIpc) is 1.66. The number of aliphatic hydroxyl groups is 1. The second kappa shape index (κ2) is 42.9. The van der Waals surface area contributed by atoms with Gasteiger partial charge in [-0.1, -0.05) is 193 Å². The van der Waals surface area contributed by atoms with Crippen LogP contribution in [0, 0.1) is 69.2 Å². The zero-order chi connectivity index (χ0) is 86.3. The van der Waals surface area contributed by atoms with E-state index < -0.39 is 123 Å². The standard InChI is InChI=1S/C37H34O8S.C29H27BrO7.C29H28O7S/c1-22-5-13-26(14-6-22)33(38)42-21-30-31(43-34(39)27-15-7-23(2)8-16-27)32(44-35(40)28-17-9-24(3)10-18-28)37(46-30)45-36(41)29-19-11-25(4)12-20-29;1-18-4-10-21(11-5-18)27(32)35-17-24(30)26(37-29(34)23-14-8-20(3)9-15-23)25(16-31)36-28(33)22-12-6-19(2)7-13-22;1-17-4-10-20(11-5-17)26(30)34-16-23-24(35-27(31)21-12-6-18(2)7-13-21)25(29(33)37-23)36-28(32)22-14-8-19(3)9-15-22/h5-20,30-32,37H,21H2,1-4H3;4-16,24-26H,17H2,1-3H3;4-15,23-25,29,33H,16H2,1-3H3/t30-,31-,32-,37?;24-,25-,26+;23-,24-,25-,29?/m010/s1. The molecule has 0 amide bonds. The summed E-state index contributed by atoms with van der Waals surface area (Å²) >= 11 is 5.48. The van der Waals surface area contributed by atoms with Gasteiger partial charge in [-0.05, 0) is 191 Å². The summed E-state index contributed by atoms with van der Waals surface area (Å²) in [6.07, 6.45) is -6.92. The highest BCUT2D eigenvalue weighted by Crippen LogP contribution is 2.42. The van der Waals surface area contributed by atoms with Crippen LogP contribution in [0.25, 0.3) is 0 Å². The maximum absolute atomic E-state index is 13.4. The van der Waals surface area contributed by atoms with E-state index in [4.69, 9.17) is 47.4 Å². The van der Waals surface area contributed by atoms with E-state index in [-0.39, 0.29) is 42.1 Å². The Morgan fingerprint density at radius 1 is 0.300 bits per heavy atom. The zero-order valence-electron chi connectivity index (χ0n) is 67.4. The fourth-order valence-electron chi connectivity index (χ4n) is 11.9. The summed E-state index contributed by atoms with van der Waals surface area (Å²) in [5.74, 6) is -6.47. The van der Waals surface area contributed by atoms with Gasteiger partial charge in [0.2, 0.25) is 0 Å². The monoisotopic (exact) mass is 1720 g/mol. The van der Waals surface area contributed by atoms with E-state index in [1.807, 2.05) is 69.2 Å². The number of halogens is 1. The van der Waals surface area contributed by atoms with Crippen molar-refractivity contribution in [3.63, 3.8) is 0 Å². The Morgan fingerprint density at radius 2 is 0.525 bits per heavy atom. The third-order valence-corrected chi connectivity index (χ3v) is 22.5. The Bertz CT molecular complexity index is 5220. The lowest BCUT2D eigenvalue weighted by Crippen LogP contribution is -2.44. The Labute approximate surface area is 712 Å². The summed E-state index contributed by atoms with van der Waals surface area (Å²) < 4.78 is 56.8. The number of carbonyl (C=O) groups is 11. The highest BCUT2D eigenvalue weighted by Gasteiger charge is 2.53. The summed E-state index contributed by atoms with van der Waals surface area (Å²) in [5.41, 5.74) is 10.5. The van der Waals surface area contributed by atoms with E-state index in [2.05, 4.69) is 15.9 Å². The van der Waals surface area contributed by atoms with Gasteiger partial charge in [0.15, 0.2) is 48.3 Å². The van der Waals surface area contributed by atoms with Gasteiger partial charge in [-0.15, -0.1) is 23.5 Å². The van der Waals surface area contributed by atoms with Crippen molar-refractivity contribution in [2.75, 3.05) is 19.8 Å². The molecule has 10 aromatic carbocycles. The smallest absolute Gasteiger partial charge is 0.339 e. The molecule has 2 unspecified atom stereocenters. The molecule has 25 heteroatoms. The molecule has 0 bridgehead atoms. The Kier molecular flexibility index (Phi) is 32.2. The van der Waals surface area contributed by atoms with Gasteiger partial charge in [0, 0.05) is 0 Å². The highest BCUT2D eigenvalue weighted by molar-refractivity contribution is 9.09. The van der Waals surface area contributed by atoms with Crippen molar-refractivity contribution in [1.82, 2.24) is 0 Å². The molecule has 0 aromatic heterocycles. The third-order valence-electron chi connectivity index (χ3n) is 19.1. The van der Waals surface area contributed by atoms with Crippen molar-refractivity contribution in [2.24, 2.45) is 0 Å². The number of hydrogen-bond acceptors (Lipinski definition) is 24. The van der Waals surface area contributed by atoms with Crippen LogP contribution in [0.1, 0.15) is 159 Å². The summed E-state index contributed by atoms with van der Waals surface area (Å²) in [5, 5.41) is 9.36. The molecule has 2 saturated heterocycles. The number of thioether (sulfide) groups is 2. The van der Waals surface area contributed by atoms with Gasteiger partial charge in [0.1, 0.15) is 25.3 Å². The molecule has 0 radical (unpaired) electrons. The van der Waals surface area contributed by atoms with E-state index in [1.165, 1.54) is 0 Å². The van der Waals surface area contributed by atoms with Crippen LogP contribution < -0.4 is 0 Å². The van der Waals surface area contributed by atoms with Crippen LogP contribution in [-0.4, -0.2) is 154 Å². The number of benzene rings is 10. The topological polar surface area (TPSA) is 300 Å². The molecule has 2 heterocycles. The molecule has 22 nitrogen and oxygen atoms in total. The van der Waals surface area contributed by atoms with Gasteiger partial charge in [0.25, 0.3) is 0 Å². The number of carbonyl (C=O) groups excluding carboxylic acids is 11. The van der Waals surface area contributed by atoms with E-state index in [0.717, 1.165) is 79.2 Å². The van der Waals surface area contributed by atoms with Gasteiger partial charge >= 0.3 is 59.7 Å². The first-order valence-electron chi connectivity index (χ1n) is 38.2. The summed E-state index contributed by atoms with van der Waals surface area (Å²) in [7, 11) is 0. The predicted octanol–water partition coefficient (Wildman–Crippen LogP) is 16.7. The van der Waals surface area contributed by atoms with Gasteiger partial charge < -0.3 is 52.5 Å². The highest BCUT2D eigenvalue weighted by atomic mass is 79.9. The molecular weight excluding hydrogens is 1640 g/mol. The number of aldehydes is 1. The van der Waals surface area contributed by atoms with Crippen LogP contribution in [-0.2, 0) is 52.2 Å².